The van der Waals surface area contributed by atoms with E-state index in [1.807, 2.05) is 30.3 Å². The first kappa shape index (κ1) is 25.5. The van der Waals surface area contributed by atoms with Crippen LogP contribution >= 0.6 is 0 Å². The number of anilines is 2. The Balaban J connectivity index is 1.51. The number of amides is 1. The van der Waals surface area contributed by atoms with Crippen LogP contribution in [-0.2, 0) is 0 Å². The van der Waals surface area contributed by atoms with Crippen molar-refractivity contribution in [2.24, 2.45) is 5.92 Å². The SMILES string of the molecule is CC(C)CNc1ncnc2oc(-c3ccc(NC(=O)c4cc([N+](=O)[O-])ccc4F)cc3)c(-c3ccccc3)c12. The lowest BCUT2D eigenvalue weighted by Gasteiger charge is -2.10. The van der Waals surface area contributed by atoms with Crippen LogP contribution in [0.3, 0.4) is 0 Å². The van der Waals surface area contributed by atoms with Gasteiger partial charge in [0, 0.05) is 35.5 Å². The molecule has 0 aliphatic rings. The molecule has 1 amide bonds. The van der Waals surface area contributed by atoms with Gasteiger partial charge in [-0.3, -0.25) is 14.9 Å². The molecule has 0 saturated heterocycles. The molecule has 3 aromatic carbocycles. The van der Waals surface area contributed by atoms with Gasteiger partial charge in [0.1, 0.15) is 23.7 Å². The monoisotopic (exact) mass is 525 g/mol. The van der Waals surface area contributed by atoms with Gasteiger partial charge in [0.15, 0.2) is 0 Å². The molecule has 0 aliphatic carbocycles. The zero-order valence-corrected chi connectivity index (χ0v) is 21.1. The number of fused-ring (bicyclic) bond motifs is 1. The van der Waals surface area contributed by atoms with Crippen molar-refractivity contribution in [3.63, 3.8) is 0 Å². The van der Waals surface area contributed by atoms with Crippen LogP contribution in [0.5, 0.6) is 0 Å². The molecule has 5 aromatic rings. The zero-order chi connectivity index (χ0) is 27.5. The van der Waals surface area contributed by atoms with Gasteiger partial charge in [-0.2, -0.15) is 0 Å². The van der Waals surface area contributed by atoms with Crippen molar-refractivity contribution < 1.29 is 18.5 Å². The highest BCUT2D eigenvalue weighted by molar-refractivity contribution is 6.07. The summed E-state index contributed by atoms with van der Waals surface area (Å²) in [7, 11) is 0. The molecule has 0 bridgehead atoms. The highest BCUT2D eigenvalue weighted by Crippen LogP contribution is 2.42. The topological polar surface area (TPSA) is 123 Å². The Kier molecular flexibility index (Phi) is 7.00. The molecule has 9 nitrogen and oxygen atoms in total. The van der Waals surface area contributed by atoms with Crippen molar-refractivity contribution in [3.8, 4) is 22.5 Å². The fraction of sp³-hybridized carbons (Fsp3) is 0.138. The third-order valence-electron chi connectivity index (χ3n) is 6.04. The van der Waals surface area contributed by atoms with Crippen LogP contribution in [0.15, 0.2) is 83.5 Å². The second-order valence-electron chi connectivity index (χ2n) is 9.30. The standard InChI is InChI=1S/C29H24FN5O4/c1-17(2)15-31-27-25-24(18-6-4-3-5-7-18)26(39-29(25)33-16-32-27)19-8-10-20(11-9-19)34-28(36)22-14-21(35(37)38)12-13-23(22)30/h3-14,16-17H,15H2,1-2H3,(H,34,36)(H,31,32,33). The molecule has 2 aromatic heterocycles. The normalized spacial score (nSPS) is 11.1. The first-order valence-corrected chi connectivity index (χ1v) is 12.2. The smallest absolute Gasteiger partial charge is 0.270 e. The van der Waals surface area contributed by atoms with E-state index in [0.29, 0.717) is 28.9 Å². The number of hydrogen-bond acceptors (Lipinski definition) is 7. The van der Waals surface area contributed by atoms with Gasteiger partial charge in [-0.15, -0.1) is 0 Å². The van der Waals surface area contributed by atoms with Gasteiger partial charge in [-0.05, 0) is 41.8 Å². The zero-order valence-electron chi connectivity index (χ0n) is 21.1. The van der Waals surface area contributed by atoms with E-state index in [1.54, 1.807) is 24.3 Å². The van der Waals surface area contributed by atoms with Crippen molar-refractivity contribution >= 4 is 34.2 Å². The van der Waals surface area contributed by atoms with E-state index >= 15 is 0 Å². The Morgan fingerprint density at radius 3 is 2.46 bits per heavy atom. The van der Waals surface area contributed by atoms with Gasteiger partial charge in [-0.1, -0.05) is 44.2 Å². The summed E-state index contributed by atoms with van der Waals surface area (Å²) in [4.78, 5) is 31.8. The highest BCUT2D eigenvalue weighted by Gasteiger charge is 2.22. The number of nitrogens with zero attached hydrogens (tertiary/aromatic N) is 3. The molecule has 0 saturated carbocycles. The molecule has 0 atom stereocenters. The molecule has 10 heteroatoms. The number of nitro benzene ring substituents is 1. The number of benzene rings is 3. The summed E-state index contributed by atoms with van der Waals surface area (Å²) in [6, 6.07) is 19.4. The van der Waals surface area contributed by atoms with Crippen molar-refractivity contribution in [1.82, 2.24) is 9.97 Å². The molecule has 0 fully saturated rings. The Hall–Kier alpha value is -5.12. The number of carbonyl (C=O) groups is 1. The van der Waals surface area contributed by atoms with Crippen LogP contribution < -0.4 is 10.6 Å². The van der Waals surface area contributed by atoms with Gasteiger partial charge in [0.2, 0.25) is 5.71 Å². The number of furan rings is 1. The van der Waals surface area contributed by atoms with E-state index in [-0.39, 0.29) is 5.69 Å². The molecule has 0 spiro atoms. The number of rotatable bonds is 8. The summed E-state index contributed by atoms with van der Waals surface area (Å²) in [5.74, 6) is -0.00146. The molecule has 39 heavy (non-hydrogen) atoms. The fourth-order valence-corrected chi connectivity index (χ4v) is 4.16. The van der Waals surface area contributed by atoms with Crippen molar-refractivity contribution in [1.29, 1.82) is 0 Å². The maximum absolute atomic E-state index is 14.2. The molecular weight excluding hydrogens is 501 g/mol. The number of nitrogens with one attached hydrogen (secondary N) is 2. The Morgan fingerprint density at radius 1 is 1.03 bits per heavy atom. The van der Waals surface area contributed by atoms with Crippen molar-refractivity contribution in [2.45, 2.75) is 13.8 Å². The molecule has 2 N–H and O–H groups in total. The first-order valence-electron chi connectivity index (χ1n) is 12.2. The van der Waals surface area contributed by atoms with Crippen LogP contribution in [0.1, 0.15) is 24.2 Å². The second-order valence-corrected chi connectivity index (χ2v) is 9.30. The number of carbonyl (C=O) groups excluding carboxylic acids is 1. The number of non-ortho nitro benzene ring substituents is 1. The molecule has 2 heterocycles. The third-order valence-corrected chi connectivity index (χ3v) is 6.04. The average Bonchev–Trinajstić information content (AvgIpc) is 3.33. The Bertz CT molecular complexity index is 1670. The molecule has 0 radical (unpaired) electrons. The number of nitro groups is 1. The number of aromatic nitrogens is 2. The molecule has 0 unspecified atom stereocenters. The van der Waals surface area contributed by atoms with Crippen LogP contribution in [0, 0.1) is 21.8 Å². The van der Waals surface area contributed by atoms with E-state index < -0.39 is 22.2 Å². The predicted octanol–water partition coefficient (Wildman–Crippen LogP) is 6.92. The van der Waals surface area contributed by atoms with E-state index in [2.05, 4.69) is 34.4 Å². The first-order chi connectivity index (χ1) is 18.8. The van der Waals surface area contributed by atoms with E-state index in [1.165, 1.54) is 6.33 Å². The van der Waals surface area contributed by atoms with Gasteiger partial charge in [-0.25, -0.2) is 14.4 Å². The maximum Gasteiger partial charge on any atom is 0.270 e. The summed E-state index contributed by atoms with van der Waals surface area (Å²) in [6.45, 7) is 4.94. The minimum atomic E-state index is -0.854. The highest BCUT2D eigenvalue weighted by atomic mass is 19.1. The second kappa shape index (κ2) is 10.7. The third kappa shape index (κ3) is 5.30. The molecular formula is C29H24FN5O4. The summed E-state index contributed by atoms with van der Waals surface area (Å²) in [5, 5.41) is 17.8. The molecule has 5 rings (SSSR count). The number of hydrogen-bond donors (Lipinski definition) is 2. The summed E-state index contributed by atoms with van der Waals surface area (Å²) >= 11 is 0. The lowest BCUT2D eigenvalue weighted by Crippen LogP contribution is -2.14. The molecule has 0 aliphatic heterocycles. The number of halogens is 1. The van der Waals surface area contributed by atoms with E-state index in [9.17, 15) is 19.3 Å². The van der Waals surface area contributed by atoms with E-state index in [0.717, 1.165) is 46.8 Å². The fourth-order valence-electron chi connectivity index (χ4n) is 4.16. The quantitative estimate of drug-likeness (QED) is 0.166. The van der Waals surface area contributed by atoms with Crippen molar-refractivity contribution in [3.05, 3.63) is 101 Å². The summed E-state index contributed by atoms with van der Waals surface area (Å²) < 4.78 is 20.4. The Labute approximate surface area is 222 Å². The lowest BCUT2D eigenvalue weighted by atomic mass is 9.99. The maximum atomic E-state index is 14.2. The van der Waals surface area contributed by atoms with Gasteiger partial charge in [0.05, 0.1) is 15.9 Å². The minimum absolute atomic E-state index is 0.374. The minimum Gasteiger partial charge on any atom is -0.437 e. The Morgan fingerprint density at radius 2 is 1.77 bits per heavy atom. The largest absolute Gasteiger partial charge is 0.437 e. The summed E-state index contributed by atoms with van der Waals surface area (Å²) in [5.41, 5.74) is 2.49. The lowest BCUT2D eigenvalue weighted by molar-refractivity contribution is -0.384. The summed E-state index contributed by atoms with van der Waals surface area (Å²) in [6.07, 6.45) is 1.46. The average molecular weight is 526 g/mol. The van der Waals surface area contributed by atoms with Crippen LogP contribution in [0.2, 0.25) is 0 Å². The van der Waals surface area contributed by atoms with Crippen LogP contribution in [0.25, 0.3) is 33.6 Å². The van der Waals surface area contributed by atoms with E-state index in [4.69, 9.17) is 4.42 Å². The van der Waals surface area contributed by atoms with Crippen LogP contribution in [0.4, 0.5) is 21.6 Å². The van der Waals surface area contributed by atoms with Crippen LogP contribution in [-0.4, -0.2) is 27.3 Å². The van der Waals surface area contributed by atoms with Crippen molar-refractivity contribution in [2.75, 3.05) is 17.2 Å². The molecule has 196 valence electrons. The predicted molar refractivity (Wildman–Crippen MR) is 147 cm³/mol. The van der Waals surface area contributed by atoms with Gasteiger partial charge < -0.3 is 15.1 Å². The van der Waals surface area contributed by atoms with Gasteiger partial charge >= 0.3 is 0 Å². The van der Waals surface area contributed by atoms with Gasteiger partial charge in [0.25, 0.3) is 11.6 Å².